The van der Waals surface area contributed by atoms with Gasteiger partial charge >= 0.3 is 0 Å². The third-order valence-electron chi connectivity index (χ3n) is 2.65. The zero-order valence-corrected chi connectivity index (χ0v) is 9.60. The summed E-state index contributed by atoms with van der Waals surface area (Å²) < 4.78 is 0. The van der Waals surface area contributed by atoms with E-state index in [1.807, 2.05) is 6.20 Å². The fourth-order valence-corrected chi connectivity index (χ4v) is 1.90. The highest BCUT2D eigenvalue weighted by Crippen LogP contribution is 2.22. The van der Waals surface area contributed by atoms with E-state index in [-0.39, 0.29) is 19.0 Å². The van der Waals surface area contributed by atoms with Crippen molar-refractivity contribution >= 4 is 23.3 Å². The fraction of sp³-hybridized carbons (Fsp3) is 0.333. The van der Waals surface area contributed by atoms with Crippen LogP contribution in [0.2, 0.25) is 0 Å². The van der Waals surface area contributed by atoms with Gasteiger partial charge in [0.15, 0.2) is 0 Å². The number of nitrogens with one attached hydrogen (secondary N) is 1. The SMILES string of the molecule is CCc1cccc2c(CCO)c[nH]c12.Cl. The molecule has 15 heavy (non-hydrogen) atoms. The lowest BCUT2D eigenvalue weighted by molar-refractivity contribution is 0.300. The first-order chi connectivity index (χ1) is 6.86. The van der Waals surface area contributed by atoms with Crippen molar-refractivity contribution < 1.29 is 5.11 Å². The second-order valence-electron chi connectivity index (χ2n) is 3.48. The Hall–Kier alpha value is -0.990. The lowest BCUT2D eigenvalue weighted by atomic mass is 10.1. The van der Waals surface area contributed by atoms with E-state index in [0.29, 0.717) is 0 Å². The largest absolute Gasteiger partial charge is 0.396 e. The molecule has 3 heteroatoms. The molecule has 0 amide bonds. The highest BCUT2D eigenvalue weighted by molar-refractivity contribution is 5.86. The predicted molar refractivity (Wildman–Crippen MR) is 65.7 cm³/mol. The molecule has 0 bridgehead atoms. The van der Waals surface area contributed by atoms with Crippen LogP contribution >= 0.6 is 12.4 Å². The van der Waals surface area contributed by atoms with Crippen LogP contribution in [0.3, 0.4) is 0 Å². The Balaban J connectivity index is 0.00000112. The molecule has 1 aromatic carbocycles. The van der Waals surface area contributed by atoms with Crippen LogP contribution in [0, 0.1) is 0 Å². The zero-order valence-electron chi connectivity index (χ0n) is 8.79. The Morgan fingerprint density at radius 3 is 2.73 bits per heavy atom. The number of halogens is 1. The maximum atomic E-state index is 8.91. The summed E-state index contributed by atoms with van der Waals surface area (Å²) in [5, 5.41) is 10.2. The molecule has 0 saturated carbocycles. The molecule has 0 fully saturated rings. The van der Waals surface area contributed by atoms with Crippen LogP contribution in [-0.4, -0.2) is 16.7 Å². The van der Waals surface area contributed by atoms with Gasteiger partial charge in [0.25, 0.3) is 0 Å². The zero-order chi connectivity index (χ0) is 9.97. The van der Waals surface area contributed by atoms with E-state index in [4.69, 9.17) is 5.11 Å². The van der Waals surface area contributed by atoms with Gasteiger partial charge in [-0.2, -0.15) is 0 Å². The Labute approximate surface area is 95.7 Å². The van der Waals surface area contributed by atoms with Crippen molar-refractivity contribution in [1.29, 1.82) is 0 Å². The van der Waals surface area contributed by atoms with Crippen LogP contribution in [0.15, 0.2) is 24.4 Å². The van der Waals surface area contributed by atoms with E-state index in [0.717, 1.165) is 12.8 Å². The third-order valence-corrected chi connectivity index (χ3v) is 2.65. The van der Waals surface area contributed by atoms with Crippen molar-refractivity contribution in [3.05, 3.63) is 35.5 Å². The van der Waals surface area contributed by atoms with Gasteiger partial charge in [-0.3, -0.25) is 0 Å². The normalized spacial score (nSPS) is 10.3. The summed E-state index contributed by atoms with van der Waals surface area (Å²) in [7, 11) is 0. The summed E-state index contributed by atoms with van der Waals surface area (Å²) in [6.45, 7) is 2.37. The van der Waals surface area contributed by atoms with Crippen LogP contribution in [0.5, 0.6) is 0 Å². The molecule has 0 saturated heterocycles. The number of hydrogen-bond donors (Lipinski definition) is 2. The highest BCUT2D eigenvalue weighted by atomic mass is 35.5. The molecule has 2 rings (SSSR count). The second kappa shape index (κ2) is 5.19. The smallest absolute Gasteiger partial charge is 0.0489 e. The van der Waals surface area contributed by atoms with Crippen LogP contribution in [0.25, 0.3) is 10.9 Å². The number of aliphatic hydroxyl groups is 1. The number of hydrogen-bond acceptors (Lipinski definition) is 1. The van der Waals surface area contributed by atoms with Crippen molar-refractivity contribution in [3.63, 3.8) is 0 Å². The lowest BCUT2D eigenvalue weighted by Crippen LogP contribution is -1.88. The van der Waals surface area contributed by atoms with Crippen molar-refractivity contribution in [2.45, 2.75) is 19.8 Å². The van der Waals surface area contributed by atoms with Gasteiger partial charge in [0, 0.05) is 23.7 Å². The summed E-state index contributed by atoms with van der Waals surface area (Å²) in [6, 6.07) is 6.33. The Morgan fingerprint density at radius 2 is 2.07 bits per heavy atom. The maximum absolute atomic E-state index is 8.91. The average molecular weight is 226 g/mol. The molecular weight excluding hydrogens is 210 g/mol. The minimum atomic E-state index is 0. The molecule has 0 atom stereocenters. The number of para-hydroxylation sites is 1. The van der Waals surface area contributed by atoms with E-state index >= 15 is 0 Å². The number of fused-ring (bicyclic) bond motifs is 1. The van der Waals surface area contributed by atoms with Gasteiger partial charge in [0.2, 0.25) is 0 Å². The van der Waals surface area contributed by atoms with Crippen molar-refractivity contribution in [1.82, 2.24) is 4.98 Å². The van der Waals surface area contributed by atoms with Gasteiger partial charge in [-0.05, 0) is 24.0 Å². The molecular formula is C12H16ClNO. The number of H-pyrrole nitrogens is 1. The molecule has 0 aliphatic carbocycles. The number of aliphatic hydroxyl groups excluding tert-OH is 1. The summed E-state index contributed by atoms with van der Waals surface area (Å²) in [5.74, 6) is 0. The quantitative estimate of drug-likeness (QED) is 0.828. The molecule has 1 aromatic heterocycles. The van der Waals surface area contributed by atoms with Crippen LogP contribution in [-0.2, 0) is 12.8 Å². The predicted octanol–water partition coefficient (Wildman–Crippen LogP) is 2.69. The Morgan fingerprint density at radius 1 is 1.27 bits per heavy atom. The van der Waals surface area contributed by atoms with E-state index in [1.54, 1.807) is 0 Å². The summed E-state index contributed by atoms with van der Waals surface area (Å²) in [5.41, 5.74) is 3.77. The van der Waals surface area contributed by atoms with Gasteiger partial charge in [0.05, 0.1) is 0 Å². The molecule has 0 aliphatic heterocycles. The molecule has 2 aromatic rings. The average Bonchev–Trinajstić information content (AvgIpc) is 2.62. The van der Waals surface area contributed by atoms with Gasteiger partial charge in [0.1, 0.15) is 0 Å². The fourth-order valence-electron chi connectivity index (χ4n) is 1.90. The monoisotopic (exact) mass is 225 g/mol. The van der Waals surface area contributed by atoms with E-state index in [2.05, 4.69) is 30.1 Å². The molecule has 0 unspecified atom stereocenters. The van der Waals surface area contributed by atoms with E-state index in [9.17, 15) is 0 Å². The minimum Gasteiger partial charge on any atom is -0.396 e. The maximum Gasteiger partial charge on any atom is 0.0489 e. The molecule has 82 valence electrons. The van der Waals surface area contributed by atoms with E-state index < -0.39 is 0 Å². The topological polar surface area (TPSA) is 36.0 Å². The number of aromatic nitrogens is 1. The molecule has 0 radical (unpaired) electrons. The van der Waals surface area contributed by atoms with Crippen LogP contribution in [0.4, 0.5) is 0 Å². The van der Waals surface area contributed by atoms with Crippen molar-refractivity contribution in [2.75, 3.05) is 6.61 Å². The number of aromatic amines is 1. The standard InChI is InChI=1S/C12H15NO.ClH/c1-2-9-4-3-5-11-10(6-7-14)8-13-12(9)11;/h3-5,8,13-14H,2,6-7H2,1H3;1H. The van der Waals surface area contributed by atoms with E-state index in [1.165, 1.54) is 22.0 Å². The Bertz CT molecular complexity index is 436. The first-order valence-corrected chi connectivity index (χ1v) is 5.05. The minimum absolute atomic E-state index is 0. The van der Waals surface area contributed by atoms with Crippen molar-refractivity contribution in [2.24, 2.45) is 0 Å². The van der Waals surface area contributed by atoms with Gasteiger partial charge < -0.3 is 10.1 Å². The van der Waals surface area contributed by atoms with Crippen molar-refractivity contribution in [3.8, 4) is 0 Å². The van der Waals surface area contributed by atoms with Gasteiger partial charge in [-0.1, -0.05) is 25.1 Å². The molecule has 0 spiro atoms. The number of benzene rings is 1. The molecule has 2 nitrogen and oxygen atoms in total. The highest BCUT2D eigenvalue weighted by Gasteiger charge is 2.05. The van der Waals surface area contributed by atoms with Gasteiger partial charge in [-0.25, -0.2) is 0 Å². The number of rotatable bonds is 3. The summed E-state index contributed by atoms with van der Waals surface area (Å²) in [6.07, 6.45) is 3.77. The molecule has 2 N–H and O–H groups in total. The van der Waals surface area contributed by atoms with Gasteiger partial charge in [-0.15, -0.1) is 12.4 Å². The molecule has 1 heterocycles. The summed E-state index contributed by atoms with van der Waals surface area (Å²) >= 11 is 0. The number of aryl methyl sites for hydroxylation is 1. The summed E-state index contributed by atoms with van der Waals surface area (Å²) in [4.78, 5) is 3.28. The lowest BCUT2D eigenvalue weighted by Gasteiger charge is -1.99. The first kappa shape index (κ1) is 12.1. The second-order valence-corrected chi connectivity index (χ2v) is 3.48. The van der Waals surface area contributed by atoms with Crippen LogP contribution < -0.4 is 0 Å². The van der Waals surface area contributed by atoms with Crippen LogP contribution in [0.1, 0.15) is 18.1 Å². The first-order valence-electron chi connectivity index (χ1n) is 5.05. The third kappa shape index (κ3) is 2.16. The molecule has 0 aliphatic rings. The Kier molecular flexibility index (Phi) is 4.18.